The van der Waals surface area contributed by atoms with Gasteiger partial charge in [0.25, 0.3) is 5.56 Å². The molecule has 1 aromatic heterocycles. The van der Waals surface area contributed by atoms with E-state index in [4.69, 9.17) is 4.74 Å². The zero-order valence-corrected chi connectivity index (χ0v) is 16.7. The van der Waals surface area contributed by atoms with Crippen LogP contribution in [-0.4, -0.2) is 29.5 Å². The molecular formula is C22H31N3O2. The lowest BCUT2D eigenvalue weighted by Crippen LogP contribution is -2.29. The summed E-state index contributed by atoms with van der Waals surface area (Å²) in [5.74, 6) is 1.69. The zero-order chi connectivity index (χ0) is 19.2. The summed E-state index contributed by atoms with van der Waals surface area (Å²) in [7, 11) is 0. The van der Waals surface area contributed by atoms with Crippen LogP contribution in [0.25, 0.3) is 11.3 Å². The van der Waals surface area contributed by atoms with Crippen LogP contribution in [0.5, 0.6) is 5.75 Å². The van der Waals surface area contributed by atoms with Crippen LogP contribution in [0.3, 0.4) is 0 Å². The number of hydrogen-bond donors (Lipinski definition) is 1. The highest BCUT2D eigenvalue weighted by atomic mass is 16.5. The van der Waals surface area contributed by atoms with Gasteiger partial charge < -0.3 is 10.1 Å². The van der Waals surface area contributed by atoms with Crippen molar-refractivity contribution in [3.8, 4) is 17.0 Å². The first kappa shape index (κ1) is 19.6. The summed E-state index contributed by atoms with van der Waals surface area (Å²) >= 11 is 0. The molecule has 0 radical (unpaired) electrons. The topological polar surface area (TPSA) is 56.1 Å². The van der Waals surface area contributed by atoms with Gasteiger partial charge in [-0.05, 0) is 95.8 Å². The van der Waals surface area contributed by atoms with Crippen molar-refractivity contribution in [1.29, 1.82) is 0 Å². The average molecular weight is 370 g/mol. The van der Waals surface area contributed by atoms with Crippen molar-refractivity contribution in [2.45, 2.75) is 52.5 Å². The average Bonchev–Trinajstić information content (AvgIpc) is 2.68. The van der Waals surface area contributed by atoms with E-state index in [0.29, 0.717) is 5.56 Å². The highest BCUT2D eigenvalue weighted by Gasteiger charge is 2.12. The van der Waals surface area contributed by atoms with Crippen LogP contribution in [0.1, 0.15) is 51.1 Å². The number of aryl methyl sites for hydroxylation is 1. The second-order valence-electron chi connectivity index (χ2n) is 7.78. The van der Waals surface area contributed by atoms with Crippen LogP contribution in [0, 0.1) is 12.8 Å². The van der Waals surface area contributed by atoms with Gasteiger partial charge in [-0.25, -0.2) is 4.68 Å². The molecule has 3 rings (SSSR count). The minimum absolute atomic E-state index is 0.0260. The Morgan fingerprint density at radius 2 is 2.07 bits per heavy atom. The highest BCUT2D eigenvalue weighted by Crippen LogP contribution is 2.22. The van der Waals surface area contributed by atoms with Crippen molar-refractivity contribution in [2.75, 3.05) is 19.7 Å². The largest absolute Gasteiger partial charge is 0.494 e. The van der Waals surface area contributed by atoms with Crippen molar-refractivity contribution in [3.05, 3.63) is 46.2 Å². The summed E-state index contributed by atoms with van der Waals surface area (Å²) in [5, 5.41) is 7.98. The standard InChI is InChI=1S/C22H31N3O2/c1-16(2)25-22(26)17(3)14-21(24-25)19-8-10-20(11-9-19)27-13-5-7-18-6-4-12-23-15-18/h8-11,14,16,18,23H,4-7,12-13,15H2,1-3H3. The Balaban J connectivity index is 1.58. The molecule has 1 aliphatic rings. The molecule has 1 aromatic carbocycles. The lowest BCUT2D eigenvalue weighted by atomic mass is 9.95. The van der Waals surface area contributed by atoms with Gasteiger partial charge in [0.1, 0.15) is 5.75 Å². The van der Waals surface area contributed by atoms with Crippen molar-refractivity contribution in [1.82, 2.24) is 15.1 Å². The van der Waals surface area contributed by atoms with Crippen LogP contribution in [0.15, 0.2) is 35.1 Å². The van der Waals surface area contributed by atoms with Gasteiger partial charge in [0.2, 0.25) is 0 Å². The summed E-state index contributed by atoms with van der Waals surface area (Å²) in [6.45, 7) is 8.86. The minimum atomic E-state index is -0.0260. The Kier molecular flexibility index (Phi) is 6.67. The molecule has 1 unspecified atom stereocenters. The lowest BCUT2D eigenvalue weighted by molar-refractivity contribution is 0.275. The second-order valence-corrected chi connectivity index (χ2v) is 7.78. The molecule has 1 saturated heterocycles. The molecule has 0 aliphatic carbocycles. The SMILES string of the molecule is Cc1cc(-c2ccc(OCCCC3CCCNC3)cc2)nn(C(C)C)c1=O. The lowest BCUT2D eigenvalue weighted by Gasteiger charge is -2.22. The Bertz CT molecular complexity index is 790. The molecule has 1 aliphatic heterocycles. The molecular weight excluding hydrogens is 338 g/mol. The molecule has 2 heterocycles. The van der Waals surface area contributed by atoms with Gasteiger partial charge in [-0.15, -0.1) is 0 Å². The van der Waals surface area contributed by atoms with Crippen LogP contribution >= 0.6 is 0 Å². The number of hydrogen-bond acceptors (Lipinski definition) is 4. The molecule has 27 heavy (non-hydrogen) atoms. The molecule has 1 atom stereocenters. The van der Waals surface area contributed by atoms with Gasteiger partial charge >= 0.3 is 0 Å². The van der Waals surface area contributed by atoms with E-state index in [1.54, 1.807) is 4.68 Å². The van der Waals surface area contributed by atoms with Crippen LogP contribution < -0.4 is 15.6 Å². The van der Waals surface area contributed by atoms with Crippen molar-refractivity contribution in [2.24, 2.45) is 5.92 Å². The third-order valence-electron chi connectivity index (χ3n) is 5.18. The van der Waals surface area contributed by atoms with E-state index in [0.717, 1.165) is 42.5 Å². The van der Waals surface area contributed by atoms with E-state index < -0.39 is 0 Å². The van der Waals surface area contributed by atoms with E-state index in [-0.39, 0.29) is 11.6 Å². The van der Waals surface area contributed by atoms with Gasteiger partial charge in [-0.1, -0.05) is 0 Å². The first-order valence-electron chi connectivity index (χ1n) is 10.1. The molecule has 5 heteroatoms. The summed E-state index contributed by atoms with van der Waals surface area (Å²) in [4.78, 5) is 12.2. The van der Waals surface area contributed by atoms with Gasteiger partial charge in [0, 0.05) is 11.1 Å². The number of aromatic nitrogens is 2. The van der Waals surface area contributed by atoms with E-state index in [2.05, 4.69) is 10.4 Å². The van der Waals surface area contributed by atoms with E-state index >= 15 is 0 Å². The summed E-state index contributed by atoms with van der Waals surface area (Å²) in [6.07, 6.45) is 4.95. The fourth-order valence-electron chi connectivity index (χ4n) is 3.58. The van der Waals surface area contributed by atoms with Gasteiger partial charge in [-0.3, -0.25) is 4.79 Å². The first-order chi connectivity index (χ1) is 13.0. The van der Waals surface area contributed by atoms with Crippen molar-refractivity contribution in [3.63, 3.8) is 0 Å². The van der Waals surface area contributed by atoms with Gasteiger partial charge in [-0.2, -0.15) is 5.10 Å². The summed E-state index contributed by atoms with van der Waals surface area (Å²) in [5.41, 5.74) is 2.50. The fourth-order valence-corrected chi connectivity index (χ4v) is 3.58. The predicted molar refractivity (Wildman–Crippen MR) is 109 cm³/mol. The number of ether oxygens (including phenoxy) is 1. The number of nitrogens with zero attached hydrogens (tertiary/aromatic N) is 2. The number of nitrogens with one attached hydrogen (secondary N) is 1. The molecule has 0 amide bonds. The molecule has 146 valence electrons. The molecule has 1 fully saturated rings. The molecule has 0 spiro atoms. The van der Waals surface area contributed by atoms with Gasteiger partial charge in [0.05, 0.1) is 18.3 Å². The molecule has 2 aromatic rings. The summed E-state index contributed by atoms with van der Waals surface area (Å²) in [6, 6.07) is 9.89. The maximum atomic E-state index is 12.2. The first-order valence-corrected chi connectivity index (χ1v) is 10.1. The minimum Gasteiger partial charge on any atom is -0.494 e. The maximum Gasteiger partial charge on any atom is 0.269 e. The zero-order valence-electron chi connectivity index (χ0n) is 16.7. The number of rotatable bonds is 7. The third-order valence-corrected chi connectivity index (χ3v) is 5.18. The van der Waals surface area contributed by atoms with Crippen LogP contribution in [0.4, 0.5) is 0 Å². The predicted octanol–water partition coefficient (Wildman–Crippen LogP) is 3.96. The quantitative estimate of drug-likeness (QED) is 0.751. The van der Waals surface area contributed by atoms with E-state index in [9.17, 15) is 4.79 Å². The maximum absolute atomic E-state index is 12.2. The smallest absolute Gasteiger partial charge is 0.269 e. The fraction of sp³-hybridized carbons (Fsp3) is 0.545. The monoisotopic (exact) mass is 369 g/mol. The van der Waals surface area contributed by atoms with Gasteiger partial charge in [0.15, 0.2) is 0 Å². The molecule has 0 bridgehead atoms. The Hall–Kier alpha value is -2.14. The van der Waals surface area contributed by atoms with E-state index in [1.165, 1.54) is 25.8 Å². The highest BCUT2D eigenvalue weighted by molar-refractivity contribution is 5.60. The van der Waals surface area contributed by atoms with Crippen LogP contribution in [-0.2, 0) is 0 Å². The van der Waals surface area contributed by atoms with Crippen molar-refractivity contribution < 1.29 is 4.74 Å². The molecule has 1 N–H and O–H groups in total. The Labute approximate surface area is 161 Å². The number of piperidine rings is 1. The summed E-state index contributed by atoms with van der Waals surface area (Å²) < 4.78 is 7.45. The third kappa shape index (κ3) is 5.19. The van der Waals surface area contributed by atoms with Crippen LogP contribution in [0.2, 0.25) is 0 Å². The van der Waals surface area contributed by atoms with E-state index in [1.807, 2.05) is 51.1 Å². The molecule has 5 nitrogen and oxygen atoms in total. The molecule has 0 saturated carbocycles. The number of benzene rings is 1. The normalized spacial score (nSPS) is 17.3. The second kappa shape index (κ2) is 9.18. The van der Waals surface area contributed by atoms with Crippen molar-refractivity contribution >= 4 is 0 Å². The Morgan fingerprint density at radius 1 is 1.30 bits per heavy atom. The Morgan fingerprint density at radius 3 is 2.74 bits per heavy atom.